The molecule has 0 saturated heterocycles. The van der Waals surface area contributed by atoms with E-state index in [0.717, 1.165) is 144 Å². The maximum Gasteiger partial charge on any atom is 0.553 e. The predicted octanol–water partition coefficient (Wildman–Crippen LogP) is 22.5. The van der Waals surface area contributed by atoms with Crippen molar-refractivity contribution < 1.29 is 0 Å². The Labute approximate surface area is 647 Å². The van der Waals surface area contributed by atoms with Gasteiger partial charge in [0.1, 0.15) is 27.8 Å². The average molecular weight is 1540 g/mol. The van der Waals surface area contributed by atoms with Gasteiger partial charge in [-0.15, -0.1) is 90.7 Å². The molecule has 0 spiro atoms. The smallest absolute Gasteiger partial charge is 0.341 e. The Balaban J connectivity index is 0.862. The molecule has 0 aliphatic heterocycles. The molecule has 5 aromatic carbocycles. The van der Waals surface area contributed by atoms with E-state index in [1.54, 1.807) is 45.3 Å². The summed E-state index contributed by atoms with van der Waals surface area (Å²) in [6.07, 6.45) is 15.5. The van der Waals surface area contributed by atoms with Gasteiger partial charge in [0.15, 0.2) is 4.66 Å². The summed E-state index contributed by atoms with van der Waals surface area (Å²) in [4.78, 5) is 58.4. The number of fused-ring (bicyclic) bond motifs is 8. The fraction of sp³-hybridized carbons (Fsp3) is 0.279. The van der Waals surface area contributed by atoms with Gasteiger partial charge in [0.25, 0.3) is 16.8 Å². The minimum Gasteiger partial charge on any atom is -0.341 e. The second kappa shape index (κ2) is 30.8. The van der Waals surface area contributed by atoms with Crippen molar-refractivity contribution in [3.8, 4) is 69.0 Å². The summed E-state index contributed by atoms with van der Waals surface area (Å²) in [6, 6.07) is 47.1. The normalized spacial score (nSPS) is 13.1. The van der Waals surface area contributed by atoms with Crippen LogP contribution < -0.4 is 29.5 Å². The van der Waals surface area contributed by atoms with Crippen LogP contribution in [0.25, 0.3) is 165 Å². The SMILES string of the molecule is [C-]#[N+]C([N+]#[C-])=c1s/c(=C/c2ccc(-c3ccc4c(c3)c3ccc(-c5nc6c(-c7ccc(CC(CC)CCCC)s7)c7sc(-c8ccc9c%10cc(-c%11ccc(/C=c%12\s/c(=C(/C#N)[N+]#[C-])n(CC)c%12=O)s%11)ccc%10n(CC)c9c8)nc7c(-c7ccc(CC(CC)CCCC)s7)c6s5)cc3n4CC)s2)c(=O)n1CC. The number of hydrogen-bond acceptors (Lipinski definition) is 13. The monoisotopic (exact) mass is 1540 g/mol. The van der Waals surface area contributed by atoms with Crippen LogP contribution in [0.2, 0.25) is 0 Å². The van der Waals surface area contributed by atoms with Crippen LogP contribution in [-0.4, -0.2) is 28.2 Å². The molecule has 0 aliphatic rings. The molecule has 2 atom stereocenters. The molecule has 106 heavy (non-hydrogen) atoms. The molecule has 0 bridgehead atoms. The highest BCUT2D eigenvalue weighted by molar-refractivity contribution is 7.26. The number of hydrogen-bond donors (Lipinski definition) is 0. The lowest BCUT2D eigenvalue weighted by Crippen LogP contribution is -2.31. The maximum absolute atomic E-state index is 13.5. The van der Waals surface area contributed by atoms with Gasteiger partial charge in [0, 0.05) is 131 Å². The quantitative estimate of drug-likeness (QED) is 0.0559. The van der Waals surface area contributed by atoms with E-state index in [1.807, 2.05) is 66.9 Å². The van der Waals surface area contributed by atoms with E-state index >= 15 is 0 Å². The summed E-state index contributed by atoms with van der Waals surface area (Å²) in [5.74, 6) is 1.16. The predicted molar refractivity (Wildman–Crippen MR) is 455 cm³/mol. The summed E-state index contributed by atoms with van der Waals surface area (Å²) in [5, 5.41) is 16.3. The van der Waals surface area contributed by atoms with Crippen molar-refractivity contribution in [2.24, 2.45) is 11.8 Å². The van der Waals surface area contributed by atoms with E-state index in [0.29, 0.717) is 43.3 Å². The number of unbranched alkanes of at least 4 members (excludes halogenated alkanes) is 2. The highest BCUT2D eigenvalue weighted by atomic mass is 32.1. The Hall–Kier alpha value is -9.42. The first kappa shape index (κ1) is 72.2. The molecule has 2 unspecified atom stereocenters. The second-order valence-electron chi connectivity index (χ2n) is 26.8. The molecule has 0 radical (unpaired) electrons. The number of rotatable bonds is 24. The number of nitrogens with zero attached hydrogens (tertiary/aromatic N) is 10. The van der Waals surface area contributed by atoms with Crippen molar-refractivity contribution in [3.63, 3.8) is 0 Å². The molecule has 10 aromatic heterocycles. The van der Waals surface area contributed by atoms with E-state index in [4.69, 9.17) is 29.7 Å². The molecule has 0 N–H and O–H groups in total. The maximum atomic E-state index is 13.5. The highest BCUT2D eigenvalue weighted by Crippen LogP contribution is 2.53. The summed E-state index contributed by atoms with van der Waals surface area (Å²) < 4.78 is 12.0. The fourth-order valence-corrected chi connectivity index (χ4v) is 24.0. The van der Waals surface area contributed by atoms with Crippen LogP contribution in [0, 0.1) is 42.9 Å². The molecule has 15 rings (SSSR count). The van der Waals surface area contributed by atoms with E-state index in [1.165, 1.54) is 111 Å². The van der Waals surface area contributed by atoms with Gasteiger partial charge in [-0.1, -0.05) is 115 Å². The standard InChI is InChI=1S/C86H76N10O2S8/c1-12-20-22-49(14-3)40-55-30-38-70(101-55)74-76-78(105-81(91-76)53-24-32-59-61-42-51(26-34-64(61)93(16-5)66(59)44-53)68-36-28-57(99-68)46-72-83(97)95(18-7)85(103-72)63(48-87)88-9)75(71-39-31-56(102-71)41-50(15-4)23-21-13-2)77-79(74)106-82(92-77)54-25-33-60-62-43-52(27-35-65(62)94(17-6)67(60)45-54)69-37-29-58(100-69)47-73-84(98)96(19-8)86(104-73)80(89-10)90-11/h24-39,42-47,49-50H,12-23,40-41H2,1-8H3/b72-46-,73-47+,85-63-. The number of aryl methyl sites for hydroxylation is 2. The Kier molecular flexibility index (Phi) is 21.0. The van der Waals surface area contributed by atoms with Crippen LogP contribution in [0.3, 0.4) is 0 Å². The van der Waals surface area contributed by atoms with Gasteiger partial charge in [-0.05, 0) is 161 Å². The van der Waals surface area contributed by atoms with Crippen LogP contribution in [0.1, 0.15) is 126 Å². The zero-order valence-electron chi connectivity index (χ0n) is 60.3. The molecule has 15 aromatic rings. The first-order valence-corrected chi connectivity index (χ1v) is 43.0. The van der Waals surface area contributed by atoms with Gasteiger partial charge in [0.2, 0.25) is 0 Å². The largest absolute Gasteiger partial charge is 0.553 e. The van der Waals surface area contributed by atoms with Crippen LogP contribution in [0.4, 0.5) is 0 Å². The van der Waals surface area contributed by atoms with Crippen LogP contribution in [-0.2, 0) is 39.0 Å². The van der Waals surface area contributed by atoms with Crippen molar-refractivity contribution in [2.75, 3.05) is 0 Å². The number of aromatic nitrogens is 6. The molecule has 0 saturated carbocycles. The lowest BCUT2D eigenvalue weighted by molar-refractivity contribution is 0.452. The lowest BCUT2D eigenvalue weighted by atomic mass is 9.95. The van der Waals surface area contributed by atoms with Gasteiger partial charge >= 0.3 is 5.82 Å². The van der Waals surface area contributed by atoms with Crippen molar-refractivity contribution in [2.45, 2.75) is 146 Å². The summed E-state index contributed by atoms with van der Waals surface area (Å²) in [6.45, 7) is 42.4. The lowest BCUT2D eigenvalue weighted by Gasteiger charge is -2.13. The van der Waals surface area contributed by atoms with E-state index in [9.17, 15) is 14.9 Å². The van der Waals surface area contributed by atoms with Crippen LogP contribution in [0.5, 0.6) is 0 Å². The third-order valence-electron chi connectivity index (χ3n) is 20.6. The second-order valence-corrected chi connectivity index (χ2v) is 35.4. The molecule has 530 valence electrons. The fourth-order valence-electron chi connectivity index (χ4n) is 15.0. The van der Waals surface area contributed by atoms with Gasteiger partial charge < -0.3 is 18.3 Å². The minimum atomic E-state index is -0.193. The number of thiophene rings is 4. The Morgan fingerprint density at radius 1 is 0.462 bits per heavy atom. The Bertz CT molecular complexity index is 6090. The molecule has 0 amide bonds. The third-order valence-corrected chi connectivity index (χ3v) is 29.4. The van der Waals surface area contributed by atoms with Crippen LogP contribution >= 0.6 is 90.7 Å². The molecular formula is C86H76N10O2S8. The van der Waals surface area contributed by atoms with Crippen molar-refractivity contribution in [1.82, 2.24) is 28.2 Å². The van der Waals surface area contributed by atoms with Crippen molar-refractivity contribution >= 4 is 178 Å². The molecule has 20 heteroatoms. The van der Waals surface area contributed by atoms with Crippen molar-refractivity contribution in [1.29, 1.82) is 5.26 Å². The molecule has 0 aliphatic carbocycles. The number of nitriles is 1. The first-order chi connectivity index (χ1) is 51.8. The first-order valence-electron chi connectivity index (χ1n) is 36.5. The minimum absolute atomic E-state index is 0.0707. The molecule has 0 fully saturated rings. The number of benzene rings is 5. The zero-order valence-corrected chi connectivity index (χ0v) is 66.8. The summed E-state index contributed by atoms with van der Waals surface area (Å²) in [7, 11) is 0. The summed E-state index contributed by atoms with van der Waals surface area (Å²) >= 11 is 13.1. The van der Waals surface area contributed by atoms with Gasteiger partial charge in [-0.3, -0.25) is 9.59 Å². The highest BCUT2D eigenvalue weighted by Gasteiger charge is 2.29. The summed E-state index contributed by atoms with van der Waals surface area (Å²) in [5.41, 5.74) is 12.9. The molecular weight excluding hydrogens is 1460 g/mol. The van der Waals surface area contributed by atoms with E-state index in [-0.39, 0.29) is 22.6 Å². The zero-order chi connectivity index (χ0) is 73.6. The third kappa shape index (κ3) is 13.2. The van der Waals surface area contributed by atoms with Crippen LogP contribution in [0.15, 0.2) is 131 Å². The Morgan fingerprint density at radius 3 is 1.31 bits per heavy atom. The van der Waals surface area contributed by atoms with Crippen molar-refractivity contribution in [3.05, 3.63) is 214 Å². The topological polar surface area (TPSA) is 117 Å². The van der Waals surface area contributed by atoms with E-state index in [2.05, 4.69) is 174 Å². The Morgan fingerprint density at radius 2 is 0.896 bits per heavy atom. The van der Waals surface area contributed by atoms with Gasteiger partial charge in [-0.25, -0.2) is 20.1 Å². The van der Waals surface area contributed by atoms with Gasteiger partial charge in [-0.2, -0.15) is 9.69 Å². The van der Waals surface area contributed by atoms with E-state index < -0.39 is 0 Å². The molecule has 10 heterocycles. The van der Waals surface area contributed by atoms with Gasteiger partial charge in [0.05, 0.1) is 42.1 Å². The average Bonchev–Trinajstić information content (AvgIpc) is 1.55. The number of thiazole rings is 4. The molecule has 12 nitrogen and oxygen atoms in total.